The first-order valence-corrected chi connectivity index (χ1v) is 7.24. The smallest absolute Gasteiger partial charge is 0.251 e. The summed E-state index contributed by atoms with van der Waals surface area (Å²) in [6.45, 7) is 5.45. The number of nitrogens with two attached hydrogens (primary N) is 1. The summed E-state index contributed by atoms with van der Waals surface area (Å²) in [6.07, 6.45) is 2.57. The molecule has 1 amide bonds. The first-order valence-electron chi connectivity index (χ1n) is 7.24. The van der Waals surface area contributed by atoms with E-state index in [2.05, 4.69) is 19.2 Å². The molecule has 2 rings (SSSR count). The summed E-state index contributed by atoms with van der Waals surface area (Å²) in [5.41, 5.74) is 7.23. The average molecular weight is 276 g/mol. The van der Waals surface area contributed by atoms with Crippen molar-refractivity contribution in [2.75, 3.05) is 13.2 Å². The summed E-state index contributed by atoms with van der Waals surface area (Å²) in [6, 6.07) is 7.86. The summed E-state index contributed by atoms with van der Waals surface area (Å²) < 4.78 is 5.66. The number of amides is 1. The highest BCUT2D eigenvalue weighted by atomic mass is 16.5. The van der Waals surface area contributed by atoms with Crippen LogP contribution in [0.4, 0.5) is 0 Å². The highest BCUT2D eigenvalue weighted by Crippen LogP contribution is 2.24. The summed E-state index contributed by atoms with van der Waals surface area (Å²) in [7, 11) is 0. The fourth-order valence-electron chi connectivity index (χ4n) is 2.61. The van der Waals surface area contributed by atoms with Gasteiger partial charge in [0.05, 0.1) is 5.60 Å². The third-order valence-electron chi connectivity index (χ3n) is 3.68. The Morgan fingerprint density at radius 2 is 2.10 bits per heavy atom. The second kappa shape index (κ2) is 6.37. The minimum absolute atomic E-state index is 0.00741. The Hall–Kier alpha value is -1.39. The summed E-state index contributed by atoms with van der Waals surface area (Å²) in [5.74, 6) is -0.00741. The van der Waals surface area contributed by atoms with Crippen LogP contribution in [0.3, 0.4) is 0 Å². The average Bonchev–Trinajstić information content (AvgIpc) is 2.38. The van der Waals surface area contributed by atoms with Gasteiger partial charge in [0, 0.05) is 18.2 Å². The number of ether oxygens (including phenoxy) is 1. The summed E-state index contributed by atoms with van der Waals surface area (Å²) in [5, 5.41) is 3.10. The molecule has 110 valence electrons. The van der Waals surface area contributed by atoms with Crippen LogP contribution < -0.4 is 11.1 Å². The zero-order valence-corrected chi connectivity index (χ0v) is 12.3. The van der Waals surface area contributed by atoms with Gasteiger partial charge in [-0.2, -0.15) is 0 Å². The zero-order chi connectivity index (χ0) is 14.6. The minimum atomic E-state index is -0.152. The van der Waals surface area contributed by atoms with Gasteiger partial charge in [-0.1, -0.05) is 12.1 Å². The van der Waals surface area contributed by atoms with E-state index in [1.54, 1.807) is 0 Å². The third kappa shape index (κ3) is 4.05. The van der Waals surface area contributed by atoms with Gasteiger partial charge in [-0.25, -0.2) is 0 Å². The molecule has 0 bridgehead atoms. The molecule has 0 spiro atoms. The Bertz CT molecular complexity index is 454. The van der Waals surface area contributed by atoms with Gasteiger partial charge >= 0.3 is 0 Å². The Morgan fingerprint density at radius 3 is 2.70 bits per heavy atom. The van der Waals surface area contributed by atoms with Gasteiger partial charge in [0.2, 0.25) is 0 Å². The molecule has 0 aromatic heterocycles. The molecule has 1 fully saturated rings. The van der Waals surface area contributed by atoms with Crippen molar-refractivity contribution in [3.63, 3.8) is 0 Å². The van der Waals surface area contributed by atoms with Gasteiger partial charge < -0.3 is 15.8 Å². The zero-order valence-electron chi connectivity index (χ0n) is 12.3. The predicted molar refractivity (Wildman–Crippen MR) is 79.7 cm³/mol. The quantitative estimate of drug-likeness (QED) is 0.882. The highest BCUT2D eigenvalue weighted by Gasteiger charge is 2.29. The SMILES string of the molecule is CC1(C)CC(NC(=O)c2ccc(CCN)cc2)CCO1. The van der Waals surface area contributed by atoms with E-state index in [9.17, 15) is 4.79 Å². The van der Waals surface area contributed by atoms with E-state index in [0.717, 1.165) is 24.8 Å². The Morgan fingerprint density at radius 1 is 1.40 bits per heavy atom. The van der Waals surface area contributed by atoms with Crippen molar-refractivity contribution in [3.8, 4) is 0 Å². The molecule has 1 saturated heterocycles. The van der Waals surface area contributed by atoms with Crippen LogP contribution in [-0.4, -0.2) is 30.7 Å². The van der Waals surface area contributed by atoms with Crippen LogP contribution in [0.1, 0.15) is 42.6 Å². The van der Waals surface area contributed by atoms with Crippen molar-refractivity contribution in [3.05, 3.63) is 35.4 Å². The molecule has 0 aliphatic carbocycles. The molecular formula is C16H24N2O2. The van der Waals surface area contributed by atoms with Crippen LogP contribution >= 0.6 is 0 Å². The normalized spacial score (nSPS) is 21.4. The van der Waals surface area contributed by atoms with Gasteiger partial charge in [-0.15, -0.1) is 0 Å². The van der Waals surface area contributed by atoms with Crippen molar-refractivity contribution < 1.29 is 9.53 Å². The van der Waals surface area contributed by atoms with E-state index in [1.807, 2.05) is 24.3 Å². The fraction of sp³-hybridized carbons (Fsp3) is 0.562. The van der Waals surface area contributed by atoms with Crippen molar-refractivity contribution in [2.45, 2.75) is 44.8 Å². The first kappa shape index (κ1) is 15.0. The second-order valence-corrected chi connectivity index (χ2v) is 6.01. The van der Waals surface area contributed by atoms with Gasteiger partial charge in [-0.05, 0) is 57.4 Å². The Kier molecular flexibility index (Phi) is 4.78. The molecule has 1 atom stereocenters. The van der Waals surface area contributed by atoms with Crippen LogP contribution in [-0.2, 0) is 11.2 Å². The molecule has 1 aliphatic heterocycles. The highest BCUT2D eigenvalue weighted by molar-refractivity contribution is 5.94. The third-order valence-corrected chi connectivity index (χ3v) is 3.68. The van der Waals surface area contributed by atoms with Crippen LogP contribution in [0.5, 0.6) is 0 Å². The molecular weight excluding hydrogens is 252 g/mol. The van der Waals surface area contributed by atoms with Gasteiger partial charge in [0.25, 0.3) is 5.91 Å². The van der Waals surface area contributed by atoms with E-state index in [4.69, 9.17) is 10.5 Å². The van der Waals surface area contributed by atoms with Crippen LogP contribution in [0.15, 0.2) is 24.3 Å². The van der Waals surface area contributed by atoms with Gasteiger partial charge in [0.1, 0.15) is 0 Å². The van der Waals surface area contributed by atoms with Gasteiger partial charge in [0.15, 0.2) is 0 Å². The maximum Gasteiger partial charge on any atom is 0.251 e. The molecule has 1 aromatic rings. The van der Waals surface area contributed by atoms with E-state index in [1.165, 1.54) is 0 Å². The minimum Gasteiger partial charge on any atom is -0.375 e. The summed E-state index contributed by atoms with van der Waals surface area (Å²) in [4.78, 5) is 12.2. The number of hydrogen-bond acceptors (Lipinski definition) is 3. The van der Waals surface area contributed by atoms with E-state index in [-0.39, 0.29) is 17.6 Å². The van der Waals surface area contributed by atoms with E-state index < -0.39 is 0 Å². The molecule has 4 heteroatoms. The standard InChI is InChI=1S/C16H24N2O2/c1-16(2)11-14(8-10-20-16)18-15(19)13-5-3-12(4-6-13)7-9-17/h3-6,14H,7-11,17H2,1-2H3,(H,18,19). The maximum atomic E-state index is 12.2. The lowest BCUT2D eigenvalue weighted by atomic mass is 9.93. The van der Waals surface area contributed by atoms with Crippen LogP contribution in [0.2, 0.25) is 0 Å². The molecule has 20 heavy (non-hydrogen) atoms. The molecule has 3 N–H and O–H groups in total. The lowest BCUT2D eigenvalue weighted by molar-refractivity contribution is -0.0615. The lowest BCUT2D eigenvalue weighted by Crippen LogP contribution is -2.45. The van der Waals surface area contributed by atoms with Crippen molar-refractivity contribution in [2.24, 2.45) is 5.73 Å². The van der Waals surface area contributed by atoms with Crippen molar-refractivity contribution in [1.29, 1.82) is 0 Å². The molecule has 1 unspecified atom stereocenters. The molecule has 1 aromatic carbocycles. The molecule has 4 nitrogen and oxygen atoms in total. The topological polar surface area (TPSA) is 64.4 Å². The fourth-order valence-corrected chi connectivity index (χ4v) is 2.61. The Labute approximate surface area is 120 Å². The molecule has 0 saturated carbocycles. The molecule has 1 heterocycles. The summed E-state index contributed by atoms with van der Waals surface area (Å²) >= 11 is 0. The number of rotatable bonds is 4. The van der Waals surface area contributed by atoms with E-state index in [0.29, 0.717) is 18.7 Å². The largest absolute Gasteiger partial charge is 0.375 e. The number of nitrogens with one attached hydrogen (secondary N) is 1. The number of carbonyl (C=O) groups excluding carboxylic acids is 1. The number of hydrogen-bond donors (Lipinski definition) is 2. The second-order valence-electron chi connectivity index (χ2n) is 6.01. The molecule has 0 radical (unpaired) electrons. The monoisotopic (exact) mass is 276 g/mol. The number of carbonyl (C=O) groups is 1. The number of benzene rings is 1. The van der Waals surface area contributed by atoms with E-state index >= 15 is 0 Å². The van der Waals surface area contributed by atoms with Crippen molar-refractivity contribution in [1.82, 2.24) is 5.32 Å². The van der Waals surface area contributed by atoms with Crippen LogP contribution in [0.25, 0.3) is 0 Å². The lowest BCUT2D eigenvalue weighted by Gasteiger charge is -2.35. The molecule has 1 aliphatic rings. The first-order chi connectivity index (χ1) is 9.50. The predicted octanol–water partition coefficient (Wildman–Crippen LogP) is 1.88. The van der Waals surface area contributed by atoms with Gasteiger partial charge in [-0.3, -0.25) is 4.79 Å². The Balaban J connectivity index is 1.94. The van der Waals surface area contributed by atoms with Crippen molar-refractivity contribution >= 4 is 5.91 Å². The van der Waals surface area contributed by atoms with Crippen LogP contribution in [0, 0.1) is 0 Å². The maximum absolute atomic E-state index is 12.2.